The lowest BCUT2D eigenvalue weighted by atomic mass is 9.89. The largest absolute Gasteiger partial charge is 0.0919 e. The average Bonchev–Trinajstić information content (AvgIpc) is 2.52. The molecule has 2 aromatic carbocycles. The van der Waals surface area contributed by atoms with Crippen molar-refractivity contribution in [3.8, 4) is 11.8 Å². The molecule has 2 aromatic rings. The Morgan fingerprint density at radius 2 is 1.36 bits per heavy atom. The highest BCUT2D eigenvalue weighted by atomic mass is 79.9. The lowest BCUT2D eigenvalue weighted by Gasteiger charge is -2.18. The molecule has 0 saturated heterocycles. The number of hydrogen-bond acceptors (Lipinski definition) is 0. The van der Waals surface area contributed by atoms with Gasteiger partial charge in [-0.2, -0.15) is 0 Å². The molecule has 0 N–H and O–H groups in total. The van der Waals surface area contributed by atoms with Crippen LogP contribution in [-0.4, -0.2) is 0 Å². The molecule has 0 aliphatic rings. The number of rotatable bonds is 2. The van der Waals surface area contributed by atoms with Gasteiger partial charge >= 0.3 is 0 Å². The van der Waals surface area contributed by atoms with Crippen molar-refractivity contribution in [2.24, 2.45) is 10.8 Å². The molecule has 0 fully saturated rings. The molecular weight excluding hydrogens is 519 g/mol. The van der Waals surface area contributed by atoms with Gasteiger partial charge in [-0.3, -0.25) is 0 Å². The average molecular weight is 547 g/mol. The maximum Gasteiger partial charge on any atom is 0.0573 e. The number of aryl methyl sites for hydroxylation is 1. The van der Waals surface area contributed by atoms with E-state index in [0.29, 0.717) is 10.4 Å². The molecule has 28 heavy (non-hydrogen) atoms. The predicted molar refractivity (Wildman–Crippen MR) is 132 cm³/mol. The van der Waals surface area contributed by atoms with Crippen LogP contribution in [0.3, 0.4) is 0 Å². The van der Waals surface area contributed by atoms with Crippen LogP contribution in [0.25, 0.3) is 0 Å². The highest BCUT2D eigenvalue weighted by Crippen LogP contribution is 2.27. The van der Waals surface area contributed by atoms with Gasteiger partial charge in [0.25, 0.3) is 0 Å². The first-order valence-corrected chi connectivity index (χ1v) is 11.5. The van der Waals surface area contributed by atoms with Crippen LogP contribution in [-0.2, 0) is 6.42 Å². The molecule has 2 rings (SSSR count). The summed E-state index contributed by atoms with van der Waals surface area (Å²) in [5, 5.41) is 1.56. The predicted octanol–water partition coefficient (Wildman–Crippen LogP) is 9.58. The third kappa shape index (κ3) is 10.9. The zero-order valence-electron chi connectivity index (χ0n) is 17.4. The standard InChI is InChI=1S/C12H16BrCl.C12H12BrCl/c2*1-12(2,3)7-6-9-4-5-10(13)8-11(9)14/h4-5,8H,6-7H2,1-3H3;4-5,8H,1-3H3. The van der Waals surface area contributed by atoms with Gasteiger partial charge in [0.2, 0.25) is 0 Å². The van der Waals surface area contributed by atoms with Crippen molar-refractivity contribution in [1.82, 2.24) is 0 Å². The van der Waals surface area contributed by atoms with Crippen LogP contribution in [0.5, 0.6) is 0 Å². The molecule has 0 aliphatic carbocycles. The Morgan fingerprint density at radius 1 is 0.821 bits per heavy atom. The fourth-order valence-corrected chi connectivity index (χ4v) is 3.57. The van der Waals surface area contributed by atoms with Crippen LogP contribution in [0.4, 0.5) is 0 Å². The van der Waals surface area contributed by atoms with Crippen molar-refractivity contribution in [2.75, 3.05) is 0 Å². The minimum atomic E-state index is 0.0103. The van der Waals surface area contributed by atoms with Crippen LogP contribution >= 0.6 is 55.1 Å². The molecule has 0 aliphatic heterocycles. The van der Waals surface area contributed by atoms with Gasteiger partial charge in [-0.25, -0.2) is 0 Å². The molecule has 0 bridgehead atoms. The highest BCUT2D eigenvalue weighted by Gasteiger charge is 2.11. The molecule has 0 saturated carbocycles. The van der Waals surface area contributed by atoms with Crippen LogP contribution in [0.15, 0.2) is 45.3 Å². The van der Waals surface area contributed by atoms with Gasteiger partial charge in [0.05, 0.1) is 5.02 Å². The van der Waals surface area contributed by atoms with E-state index in [9.17, 15) is 0 Å². The van der Waals surface area contributed by atoms with Crippen LogP contribution in [0, 0.1) is 22.7 Å². The second-order valence-corrected chi connectivity index (χ2v) is 11.6. The molecule has 0 spiro atoms. The number of hydrogen-bond donors (Lipinski definition) is 0. The quantitative estimate of drug-likeness (QED) is 0.329. The van der Waals surface area contributed by atoms with Crippen molar-refractivity contribution < 1.29 is 0 Å². The third-order valence-electron chi connectivity index (χ3n) is 3.66. The second kappa shape index (κ2) is 11.1. The third-order valence-corrected chi connectivity index (χ3v) is 5.31. The molecule has 152 valence electrons. The van der Waals surface area contributed by atoms with Crippen molar-refractivity contribution in [3.05, 3.63) is 66.5 Å². The summed E-state index contributed by atoms with van der Waals surface area (Å²) in [6.45, 7) is 13.0. The number of halogens is 4. The molecular formula is C24H28Br2Cl2. The fraction of sp³-hybridized carbons (Fsp3) is 0.417. The summed E-state index contributed by atoms with van der Waals surface area (Å²) >= 11 is 18.9. The van der Waals surface area contributed by atoms with Gasteiger partial charge in [-0.05, 0) is 74.9 Å². The zero-order valence-corrected chi connectivity index (χ0v) is 22.1. The maximum absolute atomic E-state index is 6.13. The Labute approximate surface area is 197 Å². The van der Waals surface area contributed by atoms with Gasteiger partial charge < -0.3 is 0 Å². The first-order valence-electron chi connectivity index (χ1n) is 9.19. The van der Waals surface area contributed by atoms with E-state index in [2.05, 4.69) is 91.3 Å². The molecule has 0 heterocycles. The molecule has 0 atom stereocenters. The van der Waals surface area contributed by atoms with Crippen LogP contribution in [0.2, 0.25) is 10.0 Å². The highest BCUT2D eigenvalue weighted by molar-refractivity contribution is 9.10. The van der Waals surface area contributed by atoms with Crippen molar-refractivity contribution in [3.63, 3.8) is 0 Å². The lowest BCUT2D eigenvalue weighted by molar-refractivity contribution is 0.378. The van der Waals surface area contributed by atoms with Crippen molar-refractivity contribution in [2.45, 2.75) is 54.4 Å². The van der Waals surface area contributed by atoms with E-state index >= 15 is 0 Å². The normalized spacial score (nSPS) is 11.2. The van der Waals surface area contributed by atoms with E-state index in [1.807, 2.05) is 30.3 Å². The Morgan fingerprint density at radius 3 is 1.82 bits per heavy atom. The smallest absolute Gasteiger partial charge is 0.0573 e. The van der Waals surface area contributed by atoms with Gasteiger partial charge in [-0.15, -0.1) is 0 Å². The Kier molecular flexibility index (Phi) is 10.1. The first-order chi connectivity index (χ1) is 12.8. The molecule has 0 nitrogen and oxygen atoms in total. The SMILES string of the molecule is CC(C)(C)C#Cc1ccc(Br)cc1Cl.CC(C)(C)CCc1ccc(Br)cc1Cl. The van der Waals surface area contributed by atoms with Gasteiger partial charge in [0.1, 0.15) is 0 Å². The summed E-state index contributed by atoms with van der Waals surface area (Å²) in [6, 6.07) is 11.8. The molecule has 0 unspecified atom stereocenters. The zero-order chi connectivity index (χ0) is 21.5. The van der Waals surface area contributed by atoms with E-state index in [1.165, 1.54) is 5.56 Å². The summed E-state index contributed by atoms with van der Waals surface area (Å²) < 4.78 is 2.02. The van der Waals surface area contributed by atoms with E-state index in [1.54, 1.807) is 0 Å². The van der Waals surface area contributed by atoms with E-state index in [4.69, 9.17) is 23.2 Å². The molecule has 0 aromatic heterocycles. The van der Waals surface area contributed by atoms with Gasteiger partial charge in [0, 0.05) is 24.9 Å². The van der Waals surface area contributed by atoms with Crippen molar-refractivity contribution >= 4 is 55.1 Å². The Balaban J connectivity index is 0.000000280. The van der Waals surface area contributed by atoms with Gasteiger partial charge in [0.15, 0.2) is 0 Å². The molecule has 4 heteroatoms. The topological polar surface area (TPSA) is 0 Å². The lowest BCUT2D eigenvalue weighted by Crippen LogP contribution is -2.06. The Hall–Kier alpha value is -0.460. The van der Waals surface area contributed by atoms with Crippen LogP contribution in [0.1, 0.15) is 59.1 Å². The molecule has 0 amide bonds. The summed E-state index contributed by atoms with van der Waals surface area (Å²) in [5.41, 5.74) is 2.50. The summed E-state index contributed by atoms with van der Waals surface area (Å²) in [4.78, 5) is 0. The van der Waals surface area contributed by atoms with E-state index in [0.717, 1.165) is 32.4 Å². The van der Waals surface area contributed by atoms with Crippen LogP contribution < -0.4 is 0 Å². The van der Waals surface area contributed by atoms with E-state index in [-0.39, 0.29) is 5.41 Å². The van der Waals surface area contributed by atoms with Gasteiger partial charge in [-0.1, -0.05) is 93.7 Å². The number of benzene rings is 2. The van der Waals surface area contributed by atoms with E-state index < -0.39 is 0 Å². The minimum Gasteiger partial charge on any atom is -0.0919 e. The second-order valence-electron chi connectivity index (χ2n) is 8.92. The molecule has 0 radical (unpaired) electrons. The van der Waals surface area contributed by atoms with Crippen molar-refractivity contribution in [1.29, 1.82) is 0 Å². The maximum atomic E-state index is 6.13. The summed E-state index contributed by atoms with van der Waals surface area (Å²) in [6.07, 6.45) is 2.21. The Bertz CT molecular complexity index is 848. The summed E-state index contributed by atoms with van der Waals surface area (Å²) in [5.74, 6) is 6.23. The fourth-order valence-electron chi connectivity index (χ4n) is 2.08. The summed E-state index contributed by atoms with van der Waals surface area (Å²) in [7, 11) is 0. The minimum absolute atomic E-state index is 0.0103. The monoisotopic (exact) mass is 544 g/mol. The first kappa shape index (κ1) is 25.6.